The molecule has 6 heteroatoms. The Labute approximate surface area is 117 Å². The minimum atomic E-state index is -4.68. The molecule has 1 aromatic carbocycles. The minimum absolute atomic E-state index is 0.164. The topological polar surface area (TPSA) is 30.5 Å². The quantitative estimate of drug-likeness (QED) is 0.831. The summed E-state index contributed by atoms with van der Waals surface area (Å²) >= 11 is 0. The number of hydrogen-bond donors (Lipinski definition) is 1. The Kier molecular flexibility index (Phi) is 6.29. The fourth-order valence-electron chi connectivity index (χ4n) is 1.90. The van der Waals surface area contributed by atoms with E-state index in [1.807, 2.05) is 13.8 Å². The van der Waals surface area contributed by atoms with Gasteiger partial charge in [-0.25, -0.2) is 0 Å². The van der Waals surface area contributed by atoms with Gasteiger partial charge in [0.25, 0.3) is 0 Å². The first-order valence-electron chi connectivity index (χ1n) is 6.49. The van der Waals surface area contributed by atoms with Gasteiger partial charge in [0.15, 0.2) is 0 Å². The maximum Gasteiger partial charge on any atom is 0.573 e. The van der Waals surface area contributed by atoms with Crippen molar-refractivity contribution in [2.24, 2.45) is 0 Å². The van der Waals surface area contributed by atoms with Crippen LogP contribution in [-0.4, -0.2) is 26.1 Å². The van der Waals surface area contributed by atoms with E-state index in [0.29, 0.717) is 5.56 Å². The van der Waals surface area contributed by atoms with Gasteiger partial charge in [-0.1, -0.05) is 19.1 Å². The molecule has 0 amide bonds. The van der Waals surface area contributed by atoms with Crippen LogP contribution in [0.5, 0.6) is 5.75 Å². The molecule has 2 unspecified atom stereocenters. The Morgan fingerprint density at radius 2 is 2.00 bits per heavy atom. The van der Waals surface area contributed by atoms with Crippen LogP contribution in [0.1, 0.15) is 31.9 Å². The maximum absolute atomic E-state index is 12.2. The molecule has 0 saturated heterocycles. The summed E-state index contributed by atoms with van der Waals surface area (Å²) in [7, 11) is 1.57. The van der Waals surface area contributed by atoms with Gasteiger partial charge in [-0.05, 0) is 37.6 Å². The van der Waals surface area contributed by atoms with Crippen molar-refractivity contribution < 1.29 is 22.6 Å². The Balaban J connectivity index is 2.92. The lowest BCUT2D eigenvalue weighted by Crippen LogP contribution is -2.32. The highest BCUT2D eigenvalue weighted by atomic mass is 19.4. The standard InChI is InChI=1S/C14H20F3NO2/c1-4-8-18-13(10(2)19-3)11-6-5-7-12(9-11)20-14(15,16)17/h5-7,9-10,13,18H,4,8H2,1-3H3. The van der Waals surface area contributed by atoms with Crippen LogP contribution in [0.15, 0.2) is 24.3 Å². The summed E-state index contributed by atoms with van der Waals surface area (Å²) in [4.78, 5) is 0. The Bertz CT molecular complexity index is 410. The second kappa shape index (κ2) is 7.50. The number of rotatable bonds is 7. The summed E-state index contributed by atoms with van der Waals surface area (Å²) < 4.78 is 45.9. The van der Waals surface area contributed by atoms with Gasteiger partial charge in [-0.15, -0.1) is 13.2 Å². The maximum atomic E-state index is 12.2. The molecule has 1 rings (SSSR count). The summed E-state index contributed by atoms with van der Waals surface area (Å²) in [5.74, 6) is -0.221. The molecular formula is C14H20F3NO2. The molecule has 0 aliphatic rings. The number of hydrogen-bond acceptors (Lipinski definition) is 3. The van der Waals surface area contributed by atoms with E-state index in [0.717, 1.165) is 13.0 Å². The van der Waals surface area contributed by atoms with Crippen molar-refractivity contribution in [3.05, 3.63) is 29.8 Å². The summed E-state index contributed by atoms with van der Waals surface area (Å²) in [6.45, 7) is 4.64. The average molecular weight is 291 g/mol. The first kappa shape index (κ1) is 16.8. The first-order chi connectivity index (χ1) is 9.37. The zero-order valence-electron chi connectivity index (χ0n) is 11.8. The van der Waals surface area contributed by atoms with Crippen molar-refractivity contribution in [2.45, 2.75) is 38.8 Å². The highest BCUT2D eigenvalue weighted by Crippen LogP contribution is 2.27. The molecule has 0 radical (unpaired) electrons. The Morgan fingerprint density at radius 1 is 1.30 bits per heavy atom. The molecule has 2 atom stereocenters. The van der Waals surface area contributed by atoms with Crippen LogP contribution < -0.4 is 10.1 Å². The third-order valence-electron chi connectivity index (χ3n) is 2.91. The van der Waals surface area contributed by atoms with Gasteiger partial charge < -0.3 is 14.8 Å². The van der Waals surface area contributed by atoms with Gasteiger partial charge >= 0.3 is 6.36 Å². The van der Waals surface area contributed by atoms with Gasteiger partial charge in [0.2, 0.25) is 0 Å². The smallest absolute Gasteiger partial charge is 0.406 e. The summed E-state index contributed by atoms with van der Waals surface area (Å²) in [5.41, 5.74) is 0.703. The highest BCUT2D eigenvalue weighted by Gasteiger charge is 2.31. The molecule has 0 bridgehead atoms. The SMILES string of the molecule is CCCNC(c1cccc(OC(F)(F)F)c1)C(C)OC. The van der Waals surface area contributed by atoms with Crippen LogP contribution in [0.3, 0.4) is 0 Å². The molecule has 3 nitrogen and oxygen atoms in total. The summed E-state index contributed by atoms with van der Waals surface area (Å²) in [5, 5.41) is 3.26. The molecule has 0 aliphatic carbocycles. The number of alkyl halides is 3. The van der Waals surface area contributed by atoms with E-state index in [1.54, 1.807) is 19.2 Å². The predicted molar refractivity (Wildman–Crippen MR) is 70.6 cm³/mol. The van der Waals surface area contributed by atoms with Crippen molar-refractivity contribution in [3.63, 3.8) is 0 Å². The van der Waals surface area contributed by atoms with E-state index in [9.17, 15) is 13.2 Å². The number of nitrogens with one attached hydrogen (secondary N) is 1. The highest BCUT2D eigenvalue weighted by molar-refractivity contribution is 5.31. The minimum Gasteiger partial charge on any atom is -0.406 e. The van der Waals surface area contributed by atoms with Crippen molar-refractivity contribution in [2.75, 3.05) is 13.7 Å². The predicted octanol–water partition coefficient (Wildman–Crippen LogP) is 3.66. The van der Waals surface area contributed by atoms with Crippen molar-refractivity contribution >= 4 is 0 Å². The third-order valence-corrected chi connectivity index (χ3v) is 2.91. The fraction of sp³-hybridized carbons (Fsp3) is 0.571. The summed E-state index contributed by atoms with van der Waals surface area (Å²) in [6, 6.07) is 5.78. The van der Waals surface area contributed by atoms with E-state index in [4.69, 9.17) is 4.74 Å². The second-order valence-corrected chi connectivity index (χ2v) is 4.49. The fourth-order valence-corrected chi connectivity index (χ4v) is 1.90. The molecule has 0 saturated carbocycles. The molecule has 0 fully saturated rings. The van der Waals surface area contributed by atoms with Crippen LogP contribution >= 0.6 is 0 Å². The largest absolute Gasteiger partial charge is 0.573 e. The number of ether oxygens (including phenoxy) is 2. The van der Waals surface area contributed by atoms with Crippen LogP contribution in [0, 0.1) is 0 Å². The zero-order valence-corrected chi connectivity index (χ0v) is 11.8. The number of methoxy groups -OCH3 is 1. The first-order valence-corrected chi connectivity index (χ1v) is 6.49. The van der Waals surface area contributed by atoms with E-state index in [1.165, 1.54) is 12.1 Å². The molecule has 0 heterocycles. The van der Waals surface area contributed by atoms with Crippen molar-refractivity contribution in [3.8, 4) is 5.75 Å². The van der Waals surface area contributed by atoms with E-state index < -0.39 is 6.36 Å². The number of benzene rings is 1. The summed E-state index contributed by atoms with van der Waals surface area (Å²) in [6.07, 6.45) is -3.92. The van der Waals surface area contributed by atoms with Gasteiger partial charge in [-0.2, -0.15) is 0 Å². The monoisotopic (exact) mass is 291 g/mol. The van der Waals surface area contributed by atoms with Crippen molar-refractivity contribution in [1.82, 2.24) is 5.32 Å². The van der Waals surface area contributed by atoms with Crippen LogP contribution in [0.2, 0.25) is 0 Å². The van der Waals surface area contributed by atoms with Gasteiger partial charge in [0.05, 0.1) is 12.1 Å². The zero-order chi connectivity index (χ0) is 15.2. The molecule has 0 aliphatic heterocycles. The van der Waals surface area contributed by atoms with Crippen LogP contribution in [0.4, 0.5) is 13.2 Å². The van der Waals surface area contributed by atoms with E-state index in [2.05, 4.69) is 10.1 Å². The van der Waals surface area contributed by atoms with Gasteiger partial charge in [0.1, 0.15) is 5.75 Å². The van der Waals surface area contributed by atoms with Crippen LogP contribution in [0.25, 0.3) is 0 Å². The van der Waals surface area contributed by atoms with E-state index in [-0.39, 0.29) is 17.9 Å². The lowest BCUT2D eigenvalue weighted by molar-refractivity contribution is -0.274. The molecule has 0 spiro atoms. The lowest BCUT2D eigenvalue weighted by atomic mass is 10.0. The Hall–Kier alpha value is -1.27. The Morgan fingerprint density at radius 3 is 2.55 bits per heavy atom. The normalized spacial score (nSPS) is 14.9. The van der Waals surface area contributed by atoms with Gasteiger partial charge in [0, 0.05) is 7.11 Å². The lowest BCUT2D eigenvalue weighted by Gasteiger charge is -2.25. The van der Waals surface area contributed by atoms with Gasteiger partial charge in [-0.3, -0.25) is 0 Å². The average Bonchev–Trinajstić information content (AvgIpc) is 2.37. The molecular weight excluding hydrogens is 271 g/mol. The molecule has 20 heavy (non-hydrogen) atoms. The molecule has 1 N–H and O–H groups in total. The number of halogens is 3. The molecule has 114 valence electrons. The van der Waals surface area contributed by atoms with E-state index >= 15 is 0 Å². The second-order valence-electron chi connectivity index (χ2n) is 4.49. The van der Waals surface area contributed by atoms with Crippen molar-refractivity contribution in [1.29, 1.82) is 0 Å². The molecule has 0 aromatic heterocycles. The van der Waals surface area contributed by atoms with Crippen LogP contribution in [-0.2, 0) is 4.74 Å². The third kappa shape index (κ3) is 5.38. The molecule has 1 aromatic rings.